The van der Waals surface area contributed by atoms with E-state index in [1.165, 1.54) is 6.42 Å². The van der Waals surface area contributed by atoms with Crippen LogP contribution in [-0.2, 0) is 4.79 Å². The van der Waals surface area contributed by atoms with Crippen LogP contribution in [0, 0.1) is 0 Å². The van der Waals surface area contributed by atoms with E-state index in [1.807, 2.05) is 20.8 Å². The topological polar surface area (TPSA) is 61.4 Å². The lowest BCUT2D eigenvalue weighted by atomic mass is 9.92. The summed E-state index contributed by atoms with van der Waals surface area (Å²) in [5, 5.41) is 16.0. The van der Waals surface area contributed by atoms with E-state index >= 15 is 0 Å². The second-order valence-corrected chi connectivity index (χ2v) is 5.96. The molecular weight excluding hydrogens is 216 g/mol. The Morgan fingerprint density at radius 2 is 1.94 bits per heavy atom. The quantitative estimate of drug-likeness (QED) is 0.694. The van der Waals surface area contributed by atoms with Gasteiger partial charge < -0.3 is 15.7 Å². The molecule has 2 atom stereocenters. The standard InChI is InChI=1S/C13H26N2O2/c1-13(2,3)15-12(17)8-9-14-10-6-4-5-7-11(10)16/h10-11,14,16H,4-9H2,1-3H3,(H,15,17). The van der Waals surface area contributed by atoms with Crippen molar-refractivity contribution in [1.82, 2.24) is 10.6 Å². The maximum absolute atomic E-state index is 11.6. The summed E-state index contributed by atoms with van der Waals surface area (Å²) < 4.78 is 0. The zero-order chi connectivity index (χ0) is 12.9. The number of hydrogen-bond acceptors (Lipinski definition) is 3. The van der Waals surface area contributed by atoms with E-state index in [2.05, 4.69) is 10.6 Å². The van der Waals surface area contributed by atoms with Gasteiger partial charge >= 0.3 is 0 Å². The molecule has 1 saturated carbocycles. The highest BCUT2D eigenvalue weighted by Crippen LogP contribution is 2.18. The Balaban J connectivity index is 2.16. The number of hydrogen-bond donors (Lipinski definition) is 3. The molecule has 0 aliphatic heterocycles. The molecule has 0 radical (unpaired) electrons. The Kier molecular flexibility index (Phi) is 5.40. The van der Waals surface area contributed by atoms with Crippen molar-refractivity contribution in [3.8, 4) is 0 Å². The van der Waals surface area contributed by atoms with E-state index in [1.54, 1.807) is 0 Å². The fourth-order valence-electron chi connectivity index (χ4n) is 2.20. The van der Waals surface area contributed by atoms with E-state index in [0.29, 0.717) is 13.0 Å². The Bertz CT molecular complexity index is 248. The molecule has 4 heteroatoms. The lowest BCUT2D eigenvalue weighted by Gasteiger charge is -2.28. The normalized spacial score (nSPS) is 25.6. The van der Waals surface area contributed by atoms with Crippen LogP contribution in [-0.4, -0.2) is 35.2 Å². The molecule has 3 N–H and O–H groups in total. The first-order chi connectivity index (χ1) is 7.88. The van der Waals surface area contributed by atoms with Crippen LogP contribution in [0.25, 0.3) is 0 Å². The predicted molar refractivity (Wildman–Crippen MR) is 68.8 cm³/mol. The van der Waals surface area contributed by atoms with Gasteiger partial charge in [0.15, 0.2) is 0 Å². The summed E-state index contributed by atoms with van der Waals surface area (Å²) in [4.78, 5) is 11.6. The molecule has 1 amide bonds. The molecule has 0 bridgehead atoms. The Hall–Kier alpha value is -0.610. The van der Waals surface area contributed by atoms with Gasteiger partial charge in [0.25, 0.3) is 0 Å². The molecular formula is C13H26N2O2. The number of carbonyl (C=O) groups excluding carboxylic acids is 1. The molecule has 0 heterocycles. The van der Waals surface area contributed by atoms with Gasteiger partial charge in [-0.25, -0.2) is 0 Å². The minimum absolute atomic E-state index is 0.0651. The van der Waals surface area contributed by atoms with Gasteiger partial charge in [-0.15, -0.1) is 0 Å². The van der Waals surface area contributed by atoms with Crippen LogP contribution in [0.15, 0.2) is 0 Å². The van der Waals surface area contributed by atoms with Crippen LogP contribution < -0.4 is 10.6 Å². The summed E-state index contributed by atoms with van der Waals surface area (Å²) in [6, 6.07) is 0.172. The maximum Gasteiger partial charge on any atom is 0.221 e. The van der Waals surface area contributed by atoms with Crippen molar-refractivity contribution >= 4 is 5.91 Å². The summed E-state index contributed by atoms with van der Waals surface area (Å²) in [7, 11) is 0. The third-order valence-electron chi connectivity index (χ3n) is 3.00. The van der Waals surface area contributed by atoms with Crippen LogP contribution in [0.3, 0.4) is 0 Å². The van der Waals surface area contributed by atoms with Crippen LogP contribution in [0.1, 0.15) is 52.9 Å². The number of aliphatic hydroxyl groups excluding tert-OH is 1. The minimum Gasteiger partial charge on any atom is -0.392 e. The molecule has 17 heavy (non-hydrogen) atoms. The van der Waals surface area contributed by atoms with Crippen molar-refractivity contribution in [3.63, 3.8) is 0 Å². The smallest absolute Gasteiger partial charge is 0.221 e. The lowest BCUT2D eigenvalue weighted by Crippen LogP contribution is -2.45. The summed E-state index contributed by atoms with van der Waals surface area (Å²) in [6.07, 6.45) is 4.41. The monoisotopic (exact) mass is 242 g/mol. The molecule has 2 unspecified atom stereocenters. The molecule has 0 spiro atoms. The molecule has 1 aliphatic rings. The summed E-state index contributed by atoms with van der Waals surface area (Å²) in [6.45, 7) is 6.57. The third-order valence-corrected chi connectivity index (χ3v) is 3.00. The van der Waals surface area contributed by atoms with Crippen LogP contribution in [0.5, 0.6) is 0 Å². The van der Waals surface area contributed by atoms with Crippen molar-refractivity contribution in [1.29, 1.82) is 0 Å². The number of aliphatic hydroxyl groups is 1. The van der Waals surface area contributed by atoms with Gasteiger partial charge in [-0.3, -0.25) is 4.79 Å². The Morgan fingerprint density at radius 3 is 2.53 bits per heavy atom. The van der Waals surface area contributed by atoms with E-state index in [9.17, 15) is 9.90 Å². The number of rotatable bonds is 4. The van der Waals surface area contributed by atoms with E-state index < -0.39 is 0 Å². The van der Waals surface area contributed by atoms with Crippen molar-refractivity contribution < 1.29 is 9.90 Å². The lowest BCUT2D eigenvalue weighted by molar-refractivity contribution is -0.122. The molecule has 4 nitrogen and oxygen atoms in total. The van der Waals surface area contributed by atoms with Gasteiger partial charge in [0, 0.05) is 24.5 Å². The van der Waals surface area contributed by atoms with Gasteiger partial charge in [-0.2, -0.15) is 0 Å². The molecule has 0 aromatic carbocycles. The minimum atomic E-state index is -0.241. The number of carbonyl (C=O) groups is 1. The average Bonchev–Trinajstić information content (AvgIpc) is 2.18. The molecule has 100 valence electrons. The third kappa shape index (κ3) is 6.03. The molecule has 1 rings (SSSR count). The SMILES string of the molecule is CC(C)(C)NC(=O)CCNC1CCCCC1O. The highest BCUT2D eigenvalue weighted by Gasteiger charge is 2.22. The fourth-order valence-corrected chi connectivity index (χ4v) is 2.20. The highest BCUT2D eigenvalue weighted by atomic mass is 16.3. The van der Waals surface area contributed by atoms with Gasteiger partial charge in [0.05, 0.1) is 6.10 Å². The van der Waals surface area contributed by atoms with Crippen molar-refractivity contribution in [2.75, 3.05) is 6.54 Å². The largest absolute Gasteiger partial charge is 0.392 e. The second-order valence-electron chi connectivity index (χ2n) is 5.96. The summed E-state index contributed by atoms with van der Waals surface area (Å²) in [5.41, 5.74) is -0.165. The van der Waals surface area contributed by atoms with E-state index in [4.69, 9.17) is 0 Å². The number of nitrogens with one attached hydrogen (secondary N) is 2. The molecule has 0 aromatic rings. The summed E-state index contributed by atoms with van der Waals surface area (Å²) in [5.74, 6) is 0.0651. The van der Waals surface area contributed by atoms with Crippen molar-refractivity contribution in [3.05, 3.63) is 0 Å². The van der Waals surface area contributed by atoms with Gasteiger partial charge in [0.1, 0.15) is 0 Å². The molecule has 0 saturated heterocycles. The maximum atomic E-state index is 11.6. The molecule has 1 aliphatic carbocycles. The fraction of sp³-hybridized carbons (Fsp3) is 0.923. The molecule has 0 aromatic heterocycles. The zero-order valence-corrected chi connectivity index (χ0v) is 11.3. The summed E-state index contributed by atoms with van der Waals surface area (Å²) >= 11 is 0. The first-order valence-corrected chi connectivity index (χ1v) is 6.61. The molecule has 1 fully saturated rings. The van der Waals surface area contributed by atoms with E-state index in [0.717, 1.165) is 19.3 Å². The van der Waals surface area contributed by atoms with E-state index in [-0.39, 0.29) is 23.6 Å². The predicted octanol–water partition coefficient (Wildman–Crippen LogP) is 1.18. The van der Waals surface area contributed by atoms with Crippen molar-refractivity contribution in [2.24, 2.45) is 0 Å². The van der Waals surface area contributed by atoms with Crippen LogP contribution >= 0.6 is 0 Å². The number of amides is 1. The van der Waals surface area contributed by atoms with Crippen molar-refractivity contribution in [2.45, 2.75) is 70.6 Å². The first-order valence-electron chi connectivity index (χ1n) is 6.61. The van der Waals surface area contributed by atoms with Gasteiger partial charge in [-0.05, 0) is 33.6 Å². The van der Waals surface area contributed by atoms with Gasteiger partial charge in [0.2, 0.25) is 5.91 Å². The Morgan fingerprint density at radius 1 is 1.29 bits per heavy atom. The average molecular weight is 242 g/mol. The van der Waals surface area contributed by atoms with Gasteiger partial charge in [-0.1, -0.05) is 12.8 Å². The van der Waals surface area contributed by atoms with Crippen LogP contribution in [0.2, 0.25) is 0 Å². The zero-order valence-electron chi connectivity index (χ0n) is 11.3. The Labute approximate surface area is 104 Å². The second kappa shape index (κ2) is 6.36. The van der Waals surface area contributed by atoms with Crippen LogP contribution in [0.4, 0.5) is 0 Å². The first kappa shape index (κ1) is 14.5. The highest BCUT2D eigenvalue weighted by molar-refractivity contribution is 5.76.